The highest BCUT2D eigenvalue weighted by molar-refractivity contribution is 5.73. The first kappa shape index (κ1) is 16.4. The summed E-state index contributed by atoms with van der Waals surface area (Å²) in [6, 6.07) is 7.70. The highest BCUT2D eigenvalue weighted by Gasteiger charge is 2.22. The lowest BCUT2D eigenvalue weighted by atomic mass is 10.1. The molecule has 2 heterocycles. The monoisotopic (exact) mass is 340 g/mol. The smallest absolute Gasteiger partial charge is 0.361 e. The van der Waals surface area contributed by atoms with Crippen molar-refractivity contribution in [1.82, 2.24) is 19.6 Å². The Morgan fingerprint density at radius 1 is 1.32 bits per heavy atom. The standard InChI is InChI=1S/C16H16N6O3/c1-3-20(2)12-7-4-11(5-8-12)6-9-13-14(22(24)25)15(23)21-16(19-13)17-10-18-21/h4-10H,3H2,1-2H3,(H,17,18,19). The Labute approximate surface area is 142 Å². The topological polar surface area (TPSA) is 109 Å². The number of H-pyrrole nitrogens is 1. The van der Waals surface area contributed by atoms with Crippen molar-refractivity contribution >= 4 is 29.3 Å². The minimum absolute atomic E-state index is 0.0307. The zero-order chi connectivity index (χ0) is 18.0. The molecule has 0 aliphatic rings. The third-order valence-corrected chi connectivity index (χ3v) is 3.86. The first-order valence-electron chi connectivity index (χ1n) is 7.61. The number of nitrogens with one attached hydrogen (secondary N) is 1. The van der Waals surface area contributed by atoms with Crippen molar-refractivity contribution in [2.24, 2.45) is 0 Å². The average molecular weight is 340 g/mol. The van der Waals surface area contributed by atoms with E-state index in [1.807, 2.05) is 31.3 Å². The van der Waals surface area contributed by atoms with Crippen LogP contribution in [-0.2, 0) is 0 Å². The number of nitrogens with zero attached hydrogens (tertiary/aromatic N) is 5. The Hall–Kier alpha value is -3.49. The van der Waals surface area contributed by atoms with Crippen molar-refractivity contribution in [3.05, 3.63) is 62.3 Å². The second-order valence-corrected chi connectivity index (χ2v) is 5.37. The number of anilines is 1. The van der Waals surface area contributed by atoms with Crippen molar-refractivity contribution < 1.29 is 4.92 Å². The van der Waals surface area contributed by atoms with Gasteiger partial charge in [0.25, 0.3) is 5.78 Å². The molecule has 0 radical (unpaired) electrons. The summed E-state index contributed by atoms with van der Waals surface area (Å²) in [5.74, 6) is 0.0789. The lowest BCUT2D eigenvalue weighted by molar-refractivity contribution is -0.386. The summed E-state index contributed by atoms with van der Waals surface area (Å²) < 4.78 is 0.935. The van der Waals surface area contributed by atoms with Gasteiger partial charge in [-0.2, -0.15) is 4.52 Å². The van der Waals surface area contributed by atoms with E-state index in [4.69, 9.17) is 0 Å². The van der Waals surface area contributed by atoms with E-state index in [1.54, 1.807) is 6.08 Å². The van der Waals surface area contributed by atoms with E-state index in [-0.39, 0.29) is 11.5 Å². The van der Waals surface area contributed by atoms with Gasteiger partial charge in [-0.1, -0.05) is 18.2 Å². The molecule has 0 unspecified atom stereocenters. The molecule has 1 aromatic carbocycles. The maximum atomic E-state index is 12.2. The number of fused-ring (bicyclic) bond motifs is 1. The van der Waals surface area contributed by atoms with E-state index in [9.17, 15) is 14.9 Å². The summed E-state index contributed by atoms with van der Waals surface area (Å²) in [5.41, 5.74) is 0.482. The maximum absolute atomic E-state index is 12.2. The van der Waals surface area contributed by atoms with E-state index in [0.29, 0.717) is 0 Å². The lowest BCUT2D eigenvalue weighted by Crippen LogP contribution is -2.20. The van der Waals surface area contributed by atoms with E-state index < -0.39 is 16.2 Å². The van der Waals surface area contributed by atoms with Gasteiger partial charge in [0.1, 0.15) is 6.33 Å². The minimum atomic E-state index is -0.799. The summed E-state index contributed by atoms with van der Waals surface area (Å²) in [6.07, 6.45) is 4.38. The highest BCUT2D eigenvalue weighted by atomic mass is 16.6. The molecular formula is C16H16N6O3. The highest BCUT2D eigenvalue weighted by Crippen LogP contribution is 2.18. The molecule has 0 aliphatic heterocycles. The van der Waals surface area contributed by atoms with Gasteiger partial charge in [0.05, 0.1) is 4.92 Å². The van der Waals surface area contributed by atoms with Gasteiger partial charge in [0.2, 0.25) is 0 Å². The van der Waals surface area contributed by atoms with E-state index >= 15 is 0 Å². The van der Waals surface area contributed by atoms with Crippen molar-refractivity contribution in [3.63, 3.8) is 0 Å². The Morgan fingerprint density at radius 3 is 2.68 bits per heavy atom. The quantitative estimate of drug-likeness (QED) is 0.561. The molecule has 0 aliphatic carbocycles. The van der Waals surface area contributed by atoms with Crippen LogP contribution < -0.4 is 10.5 Å². The largest absolute Gasteiger partial charge is 0.375 e. The van der Waals surface area contributed by atoms with Crippen LogP contribution in [-0.4, -0.2) is 38.1 Å². The van der Waals surface area contributed by atoms with Crippen LogP contribution in [0.4, 0.5) is 11.4 Å². The van der Waals surface area contributed by atoms with Crippen LogP contribution in [0.2, 0.25) is 0 Å². The summed E-state index contributed by atoms with van der Waals surface area (Å²) >= 11 is 0. The van der Waals surface area contributed by atoms with Crippen molar-refractivity contribution in [2.75, 3.05) is 18.5 Å². The first-order valence-corrected chi connectivity index (χ1v) is 7.61. The third-order valence-electron chi connectivity index (χ3n) is 3.86. The molecular weight excluding hydrogens is 324 g/mol. The van der Waals surface area contributed by atoms with Crippen LogP contribution in [0, 0.1) is 10.1 Å². The molecule has 3 rings (SSSR count). The molecule has 9 nitrogen and oxygen atoms in total. The first-order chi connectivity index (χ1) is 12.0. The predicted molar refractivity (Wildman–Crippen MR) is 94.6 cm³/mol. The van der Waals surface area contributed by atoms with Crippen molar-refractivity contribution in [1.29, 1.82) is 0 Å². The molecule has 0 saturated heterocycles. The van der Waals surface area contributed by atoms with Gasteiger partial charge >= 0.3 is 11.2 Å². The Kier molecular flexibility index (Phi) is 4.29. The zero-order valence-corrected chi connectivity index (χ0v) is 13.7. The average Bonchev–Trinajstić information content (AvgIpc) is 3.08. The van der Waals surface area contributed by atoms with Crippen LogP contribution in [0.15, 0.2) is 35.4 Å². The number of aromatic amines is 1. The fourth-order valence-electron chi connectivity index (χ4n) is 2.35. The molecule has 9 heteroatoms. The molecule has 0 amide bonds. The molecule has 0 spiro atoms. The number of hydrogen-bond donors (Lipinski definition) is 1. The van der Waals surface area contributed by atoms with Gasteiger partial charge in [-0.3, -0.25) is 20.0 Å². The van der Waals surface area contributed by atoms with Crippen LogP contribution in [0.25, 0.3) is 17.9 Å². The number of nitro groups is 1. The van der Waals surface area contributed by atoms with Crippen molar-refractivity contribution in [2.45, 2.75) is 6.92 Å². The second kappa shape index (κ2) is 6.56. The summed E-state index contributed by atoms with van der Waals surface area (Å²) in [6.45, 7) is 2.95. The second-order valence-electron chi connectivity index (χ2n) is 5.37. The fourth-order valence-corrected chi connectivity index (χ4v) is 2.35. The third kappa shape index (κ3) is 3.11. The van der Waals surface area contributed by atoms with Crippen LogP contribution in [0.1, 0.15) is 18.2 Å². The molecule has 25 heavy (non-hydrogen) atoms. The SMILES string of the molecule is CCN(C)c1ccc(C=Cc2nc3nc[nH]n3c(=O)c2[N+](=O)[O-])cc1. The minimum Gasteiger partial charge on any atom is -0.375 e. The summed E-state index contributed by atoms with van der Waals surface area (Å²) in [5, 5.41) is 13.8. The number of rotatable bonds is 5. The van der Waals surface area contributed by atoms with Gasteiger partial charge in [-0.15, -0.1) is 0 Å². The fraction of sp³-hybridized carbons (Fsp3) is 0.188. The summed E-state index contributed by atoms with van der Waals surface area (Å²) in [4.78, 5) is 32.7. The molecule has 1 N–H and O–H groups in total. The maximum Gasteiger partial charge on any atom is 0.361 e. The molecule has 3 aromatic rings. The van der Waals surface area contributed by atoms with Gasteiger partial charge in [0.15, 0.2) is 5.69 Å². The molecule has 128 valence electrons. The Bertz CT molecular complexity index is 1000. The van der Waals surface area contributed by atoms with E-state index in [1.165, 1.54) is 12.4 Å². The van der Waals surface area contributed by atoms with Crippen LogP contribution >= 0.6 is 0 Å². The van der Waals surface area contributed by atoms with Crippen molar-refractivity contribution in [3.8, 4) is 0 Å². The van der Waals surface area contributed by atoms with Gasteiger partial charge in [-0.05, 0) is 30.7 Å². The number of hydrogen-bond acceptors (Lipinski definition) is 6. The molecule has 0 saturated carbocycles. The lowest BCUT2D eigenvalue weighted by Gasteiger charge is -2.16. The van der Waals surface area contributed by atoms with Gasteiger partial charge < -0.3 is 4.90 Å². The van der Waals surface area contributed by atoms with Crippen LogP contribution in [0.5, 0.6) is 0 Å². The van der Waals surface area contributed by atoms with E-state index in [2.05, 4.69) is 26.9 Å². The number of benzene rings is 1. The van der Waals surface area contributed by atoms with Crippen LogP contribution in [0.3, 0.4) is 0 Å². The summed E-state index contributed by atoms with van der Waals surface area (Å²) in [7, 11) is 1.99. The predicted octanol–water partition coefficient (Wildman–Crippen LogP) is 1.95. The Morgan fingerprint density at radius 2 is 2.04 bits per heavy atom. The molecule has 0 fully saturated rings. The molecule has 0 atom stereocenters. The number of aromatic nitrogens is 4. The van der Waals surface area contributed by atoms with Gasteiger partial charge in [0, 0.05) is 19.3 Å². The normalized spacial score (nSPS) is 11.3. The van der Waals surface area contributed by atoms with Gasteiger partial charge in [-0.25, -0.2) is 9.97 Å². The molecule has 2 aromatic heterocycles. The Balaban J connectivity index is 1.99. The molecule has 0 bridgehead atoms. The zero-order valence-electron chi connectivity index (χ0n) is 13.7. The van der Waals surface area contributed by atoms with E-state index in [0.717, 1.165) is 22.3 Å².